The molecule has 19 heavy (non-hydrogen) atoms. The largest absolute Gasteiger partial charge is 0.397 e. The third kappa shape index (κ3) is 2.40. The summed E-state index contributed by atoms with van der Waals surface area (Å²) in [5.74, 6) is 2.33. The SMILES string of the molecule is C#CCN(CC)C(=O)c1sc2cccc(Cl)c2c1N. The predicted molar refractivity (Wildman–Crippen MR) is 81.7 cm³/mol. The monoisotopic (exact) mass is 292 g/mol. The van der Waals surface area contributed by atoms with E-state index in [4.69, 9.17) is 23.8 Å². The summed E-state index contributed by atoms with van der Waals surface area (Å²) in [5, 5.41) is 1.31. The number of anilines is 1. The van der Waals surface area contributed by atoms with Gasteiger partial charge < -0.3 is 10.6 Å². The molecule has 1 aromatic heterocycles. The number of nitrogens with two attached hydrogens (primary N) is 1. The van der Waals surface area contributed by atoms with Crippen molar-refractivity contribution in [3.63, 3.8) is 0 Å². The second kappa shape index (κ2) is 5.52. The molecule has 3 nitrogen and oxygen atoms in total. The number of thiophene rings is 1. The maximum Gasteiger partial charge on any atom is 0.266 e. The number of hydrogen-bond donors (Lipinski definition) is 1. The molecule has 0 aliphatic rings. The first-order valence-electron chi connectivity index (χ1n) is 5.79. The topological polar surface area (TPSA) is 46.3 Å². The molecule has 2 aromatic rings. The molecular formula is C14H13ClN2OS. The number of carbonyl (C=O) groups is 1. The van der Waals surface area contributed by atoms with Crippen molar-refractivity contribution in [1.29, 1.82) is 0 Å². The summed E-state index contributed by atoms with van der Waals surface area (Å²) in [5.41, 5.74) is 6.49. The van der Waals surface area contributed by atoms with Gasteiger partial charge in [-0.25, -0.2) is 0 Å². The summed E-state index contributed by atoms with van der Waals surface area (Å²) in [6.45, 7) is 2.70. The summed E-state index contributed by atoms with van der Waals surface area (Å²) in [6, 6.07) is 5.50. The maximum absolute atomic E-state index is 12.4. The molecule has 0 bridgehead atoms. The molecule has 1 heterocycles. The lowest BCUT2D eigenvalue weighted by atomic mass is 10.2. The van der Waals surface area contributed by atoms with Crippen LogP contribution in [0.15, 0.2) is 18.2 Å². The van der Waals surface area contributed by atoms with Crippen LogP contribution < -0.4 is 5.73 Å². The summed E-state index contributed by atoms with van der Waals surface area (Å²) < 4.78 is 0.908. The number of rotatable bonds is 3. The van der Waals surface area contributed by atoms with Crippen LogP contribution in [0.3, 0.4) is 0 Å². The fraction of sp³-hybridized carbons (Fsp3) is 0.214. The van der Waals surface area contributed by atoms with E-state index in [0.717, 1.165) is 10.1 Å². The zero-order chi connectivity index (χ0) is 14.0. The van der Waals surface area contributed by atoms with Gasteiger partial charge >= 0.3 is 0 Å². The highest BCUT2D eigenvalue weighted by Gasteiger charge is 2.21. The van der Waals surface area contributed by atoms with Gasteiger partial charge in [-0.3, -0.25) is 4.79 Å². The van der Waals surface area contributed by atoms with E-state index in [2.05, 4.69) is 5.92 Å². The van der Waals surface area contributed by atoms with Crippen molar-refractivity contribution in [2.75, 3.05) is 18.8 Å². The van der Waals surface area contributed by atoms with Crippen molar-refractivity contribution in [3.8, 4) is 12.3 Å². The molecule has 0 fully saturated rings. The molecule has 0 aliphatic heterocycles. The van der Waals surface area contributed by atoms with Gasteiger partial charge in [0.05, 0.1) is 17.3 Å². The van der Waals surface area contributed by atoms with Gasteiger partial charge in [0.2, 0.25) is 0 Å². The van der Waals surface area contributed by atoms with Crippen LogP contribution in [-0.4, -0.2) is 23.9 Å². The van der Waals surface area contributed by atoms with Crippen LogP contribution in [-0.2, 0) is 0 Å². The Morgan fingerprint density at radius 3 is 2.89 bits per heavy atom. The Kier molecular flexibility index (Phi) is 3.98. The molecule has 0 saturated heterocycles. The van der Waals surface area contributed by atoms with Gasteiger partial charge in [0.15, 0.2) is 0 Å². The first kappa shape index (κ1) is 13.7. The van der Waals surface area contributed by atoms with E-state index >= 15 is 0 Å². The molecular weight excluding hydrogens is 280 g/mol. The van der Waals surface area contributed by atoms with Crippen molar-refractivity contribution in [2.24, 2.45) is 0 Å². The molecule has 0 spiro atoms. The highest BCUT2D eigenvalue weighted by molar-refractivity contribution is 7.21. The van der Waals surface area contributed by atoms with Crippen LogP contribution >= 0.6 is 22.9 Å². The highest BCUT2D eigenvalue weighted by Crippen LogP contribution is 2.38. The quantitative estimate of drug-likeness (QED) is 0.883. The molecule has 1 aromatic carbocycles. The van der Waals surface area contributed by atoms with Gasteiger partial charge in [0, 0.05) is 16.6 Å². The van der Waals surface area contributed by atoms with E-state index < -0.39 is 0 Å². The van der Waals surface area contributed by atoms with Gasteiger partial charge in [0.1, 0.15) is 4.88 Å². The van der Waals surface area contributed by atoms with E-state index in [-0.39, 0.29) is 12.5 Å². The van der Waals surface area contributed by atoms with Crippen molar-refractivity contribution in [1.82, 2.24) is 4.90 Å². The minimum Gasteiger partial charge on any atom is -0.397 e. The number of terminal acetylenes is 1. The molecule has 0 atom stereocenters. The van der Waals surface area contributed by atoms with Crippen molar-refractivity contribution < 1.29 is 4.79 Å². The normalized spacial score (nSPS) is 10.4. The summed E-state index contributed by atoms with van der Waals surface area (Å²) >= 11 is 7.47. The fourth-order valence-electron chi connectivity index (χ4n) is 1.87. The average Bonchev–Trinajstić information content (AvgIpc) is 2.74. The number of nitrogens with zero attached hydrogens (tertiary/aromatic N) is 1. The Labute approximate surface area is 121 Å². The van der Waals surface area contributed by atoms with Gasteiger partial charge in [-0.1, -0.05) is 23.6 Å². The molecule has 1 amide bonds. The van der Waals surface area contributed by atoms with Crippen LogP contribution in [0.1, 0.15) is 16.6 Å². The number of halogens is 1. The van der Waals surface area contributed by atoms with Crippen molar-refractivity contribution >= 4 is 44.6 Å². The van der Waals surface area contributed by atoms with Gasteiger partial charge in [0.25, 0.3) is 5.91 Å². The summed E-state index contributed by atoms with van der Waals surface area (Å²) in [6.07, 6.45) is 5.27. The van der Waals surface area contributed by atoms with Crippen molar-refractivity contribution in [2.45, 2.75) is 6.92 Å². The molecule has 0 unspecified atom stereocenters. The smallest absolute Gasteiger partial charge is 0.266 e. The second-order valence-corrected chi connectivity index (χ2v) is 5.44. The second-order valence-electron chi connectivity index (χ2n) is 3.98. The highest BCUT2D eigenvalue weighted by atomic mass is 35.5. The zero-order valence-electron chi connectivity index (χ0n) is 10.4. The zero-order valence-corrected chi connectivity index (χ0v) is 12.0. The van der Waals surface area contributed by atoms with Gasteiger partial charge in [-0.05, 0) is 19.1 Å². The predicted octanol–water partition coefficient (Wildman–Crippen LogP) is 3.23. The lowest BCUT2D eigenvalue weighted by Crippen LogP contribution is -2.30. The van der Waals surface area contributed by atoms with Crippen LogP contribution in [0.25, 0.3) is 10.1 Å². The standard InChI is InChI=1S/C14H13ClN2OS/c1-3-8-17(4-2)14(18)13-12(16)11-9(15)6-5-7-10(11)19-13/h1,5-7H,4,8,16H2,2H3. The number of amides is 1. The third-order valence-corrected chi connectivity index (χ3v) is 4.32. The van der Waals surface area contributed by atoms with Gasteiger partial charge in [-0.15, -0.1) is 17.8 Å². The number of fused-ring (bicyclic) bond motifs is 1. The Morgan fingerprint density at radius 1 is 1.58 bits per heavy atom. The minimum atomic E-state index is -0.143. The van der Waals surface area contributed by atoms with E-state index in [9.17, 15) is 4.79 Å². The lowest BCUT2D eigenvalue weighted by molar-refractivity contribution is 0.0790. The van der Waals surface area contributed by atoms with E-state index in [0.29, 0.717) is 22.1 Å². The number of benzene rings is 1. The third-order valence-electron chi connectivity index (χ3n) is 2.85. The lowest BCUT2D eigenvalue weighted by Gasteiger charge is -2.17. The Hall–Kier alpha value is -1.70. The summed E-state index contributed by atoms with van der Waals surface area (Å²) in [4.78, 5) is 14.5. The molecule has 0 aliphatic carbocycles. The van der Waals surface area contributed by atoms with E-state index in [1.165, 1.54) is 11.3 Å². The number of nitrogen functional groups attached to an aromatic ring is 1. The van der Waals surface area contributed by atoms with Crippen molar-refractivity contribution in [3.05, 3.63) is 28.1 Å². The number of carbonyl (C=O) groups excluding carboxylic acids is 1. The molecule has 0 radical (unpaired) electrons. The molecule has 2 N–H and O–H groups in total. The Morgan fingerprint density at radius 2 is 2.32 bits per heavy atom. The molecule has 2 rings (SSSR count). The van der Waals surface area contributed by atoms with Crippen LogP contribution in [0.4, 0.5) is 5.69 Å². The molecule has 0 saturated carbocycles. The van der Waals surface area contributed by atoms with Crippen LogP contribution in [0.2, 0.25) is 5.02 Å². The molecule has 98 valence electrons. The van der Waals surface area contributed by atoms with Crippen LogP contribution in [0, 0.1) is 12.3 Å². The first-order chi connectivity index (χ1) is 9.10. The Balaban J connectivity index is 2.52. The van der Waals surface area contributed by atoms with E-state index in [1.54, 1.807) is 11.0 Å². The minimum absolute atomic E-state index is 0.143. The summed E-state index contributed by atoms with van der Waals surface area (Å²) in [7, 11) is 0. The van der Waals surface area contributed by atoms with Gasteiger partial charge in [-0.2, -0.15) is 0 Å². The average molecular weight is 293 g/mol. The molecule has 5 heteroatoms. The first-order valence-corrected chi connectivity index (χ1v) is 6.98. The van der Waals surface area contributed by atoms with Crippen LogP contribution in [0.5, 0.6) is 0 Å². The van der Waals surface area contributed by atoms with E-state index in [1.807, 2.05) is 19.1 Å². The maximum atomic E-state index is 12.4. The Bertz CT molecular complexity index is 672. The fourth-order valence-corrected chi connectivity index (χ4v) is 3.32. The number of hydrogen-bond acceptors (Lipinski definition) is 3.